The summed E-state index contributed by atoms with van der Waals surface area (Å²) in [5.41, 5.74) is 0. The second-order valence-corrected chi connectivity index (χ2v) is 5.47. The molecule has 1 aromatic rings. The van der Waals surface area contributed by atoms with Crippen LogP contribution in [0, 0.1) is 0 Å². The van der Waals surface area contributed by atoms with Gasteiger partial charge in [0.05, 0.1) is 0 Å². The van der Waals surface area contributed by atoms with E-state index in [9.17, 15) is 0 Å². The van der Waals surface area contributed by atoms with E-state index in [0.717, 1.165) is 51.3 Å². The summed E-state index contributed by atoms with van der Waals surface area (Å²) in [5, 5.41) is 7.89. The van der Waals surface area contributed by atoms with Crippen molar-refractivity contribution < 1.29 is 4.74 Å². The molecule has 5 heteroatoms. The Labute approximate surface area is 123 Å². The normalized spacial score (nSPS) is 13.1. The Kier molecular flexibility index (Phi) is 8.46. The number of nitrogens with zero attached hydrogens (tertiary/aromatic N) is 3. The van der Waals surface area contributed by atoms with Gasteiger partial charge in [0.25, 0.3) is 0 Å². The van der Waals surface area contributed by atoms with Gasteiger partial charge in [-0.1, -0.05) is 13.8 Å². The summed E-state index contributed by atoms with van der Waals surface area (Å²) in [7, 11) is 0. The molecule has 0 fully saturated rings. The predicted molar refractivity (Wildman–Crippen MR) is 81.9 cm³/mol. The van der Waals surface area contributed by atoms with E-state index in [0.29, 0.717) is 12.1 Å². The van der Waals surface area contributed by atoms with Gasteiger partial charge < -0.3 is 10.1 Å². The lowest BCUT2D eigenvalue weighted by Crippen LogP contribution is -2.34. The Morgan fingerprint density at radius 2 is 2.05 bits per heavy atom. The minimum Gasteiger partial charge on any atom is -0.381 e. The van der Waals surface area contributed by atoms with Crippen LogP contribution in [0.1, 0.15) is 58.8 Å². The molecule has 0 aliphatic rings. The zero-order valence-electron chi connectivity index (χ0n) is 13.4. The lowest BCUT2D eigenvalue weighted by atomic mass is 10.1. The van der Waals surface area contributed by atoms with Gasteiger partial charge in [0, 0.05) is 31.7 Å². The van der Waals surface area contributed by atoms with Gasteiger partial charge in [-0.3, -0.25) is 0 Å². The lowest BCUT2D eigenvalue weighted by Gasteiger charge is -2.19. The van der Waals surface area contributed by atoms with Gasteiger partial charge in [0.2, 0.25) is 0 Å². The zero-order chi connectivity index (χ0) is 14.8. The van der Waals surface area contributed by atoms with Crippen molar-refractivity contribution in [3.63, 3.8) is 0 Å². The number of hydrogen-bond acceptors (Lipinski definition) is 4. The van der Waals surface area contributed by atoms with Gasteiger partial charge >= 0.3 is 0 Å². The van der Waals surface area contributed by atoms with Crippen molar-refractivity contribution in [3.05, 3.63) is 12.2 Å². The fraction of sp³-hybridized carbons (Fsp3) is 0.867. The smallest absolute Gasteiger partial charge is 0.138 e. The second kappa shape index (κ2) is 9.88. The maximum atomic E-state index is 5.61. The predicted octanol–water partition coefficient (Wildman–Crippen LogP) is 2.59. The molecule has 0 bridgehead atoms. The quantitative estimate of drug-likeness (QED) is 0.634. The molecule has 0 saturated carbocycles. The number of hydrogen-bond donors (Lipinski definition) is 1. The largest absolute Gasteiger partial charge is 0.381 e. The molecule has 1 N–H and O–H groups in total. The molecule has 0 radical (unpaired) electrons. The molecule has 0 saturated heterocycles. The lowest BCUT2D eigenvalue weighted by molar-refractivity contribution is 0.124. The SMILES string of the molecule is CCCNC(CCOCCC)Cc1ncnn1C(C)C. The first-order chi connectivity index (χ1) is 9.69. The molecule has 1 rings (SSSR count). The molecule has 1 aromatic heterocycles. The van der Waals surface area contributed by atoms with Crippen LogP contribution in [0.2, 0.25) is 0 Å². The van der Waals surface area contributed by atoms with E-state index in [1.165, 1.54) is 0 Å². The Bertz CT molecular complexity index is 351. The van der Waals surface area contributed by atoms with Crippen LogP contribution in [0.5, 0.6) is 0 Å². The van der Waals surface area contributed by atoms with Crippen molar-refractivity contribution in [2.45, 2.75) is 65.5 Å². The van der Waals surface area contributed by atoms with Crippen molar-refractivity contribution in [1.82, 2.24) is 20.1 Å². The van der Waals surface area contributed by atoms with Crippen LogP contribution in [0.25, 0.3) is 0 Å². The van der Waals surface area contributed by atoms with E-state index < -0.39 is 0 Å². The Morgan fingerprint density at radius 3 is 2.70 bits per heavy atom. The summed E-state index contributed by atoms with van der Waals surface area (Å²) in [6.07, 6.45) is 5.80. The van der Waals surface area contributed by atoms with Crippen LogP contribution in [-0.2, 0) is 11.2 Å². The highest BCUT2D eigenvalue weighted by atomic mass is 16.5. The monoisotopic (exact) mass is 282 g/mol. The summed E-state index contributed by atoms with van der Waals surface area (Å²) >= 11 is 0. The van der Waals surface area contributed by atoms with Gasteiger partial charge in [0.15, 0.2) is 0 Å². The Hall–Kier alpha value is -0.940. The molecule has 116 valence electrons. The molecule has 1 heterocycles. The van der Waals surface area contributed by atoms with Gasteiger partial charge in [-0.05, 0) is 39.7 Å². The number of ether oxygens (including phenoxy) is 1. The van der Waals surface area contributed by atoms with E-state index in [2.05, 4.69) is 43.1 Å². The maximum Gasteiger partial charge on any atom is 0.138 e. The average molecular weight is 282 g/mol. The number of rotatable bonds is 11. The van der Waals surface area contributed by atoms with E-state index >= 15 is 0 Å². The summed E-state index contributed by atoms with van der Waals surface area (Å²) in [6, 6.07) is 0.768. The molecular weight excluding hydrogens is 252 g/mol. The van der Waals surface area contributed by atoms with E-state index in [1.54, 1.807) is 6.33 Å². The van der Waals surface area contributed by atoms with E-state index in [4.69, 9.17) is 4.74 Å². The van der Waals surface area contributed by atoms with Crippen LogP contribution in [0.4, 0.5) is 0 Å². The highest BCUT2D eigenvalue weighted by Crippen LogP contribution is 2.09. The third kappa shape index (κ3) is 6.01. The molecule has 20 heavy (non-hydrogen) atoms. The Balaban J connectivity index is 2.51. The number of aromatic nitrogens is 3. The summed E-state index contributed by atoms with van der Waals surface area (Å²) in [4.78, 5) is 4.40. The third-order valence-corrected chi connectivity index (χ3v) is 3.21. The van der Waals surface area contributed by atoms with Gasteiger partial charge in [-0.15, -0.1) is 0 Å². The van der Waals surface area contributed by atoms with Crippen LogP contribution in [0.15, 0.2) is 6.33 Å². The van der Waals surface area contributed by atoms with E-state index in [1.807, 2.05) is 4.68 Å². The summed E-state index contributed by atoms with van der Waals surface area (Å²) in [5.74, 6) is 1.06. The summed E-state index contributed by atoms with van der Waals surface area (Å²) in [6.45, 7) is 11.3. The Morgan fingerprint density at radius 1 is 1.25 bits per heavy atom. The topological polar surface area (TPSA) is 52.0 Å². The molecule has 0 spiro atoms. The molecule has 1 atom stereocenters. The molecule has 0 aliphatic heterocycles. The zero-order valence-corrected chi connectivity index (χ0v) is 13.4. The highest BCUT2D eigenvalue weighted by molar-refractivity contribution is 4.91. The van der Waals surface area contributed by atoms with Crippen molar-refractivity contribution in [2.75, 3.05) is 19.8 Å². The molecule has 5 nitrogen and oxygen atoms in total. The fourth-order valence-electron chi connectivity index (χ4n) is 2.17. The molecule has 1 unspecified atom stereocenters. The van der Waals surface area contributed by atoms with Gasteiger partial charge in [-0.25, -0.2) is 9.67 Å². The molecule has 0 aliphatic carbocycles. The van der Waals surface area contributed by atoms with E-state index in [-0.39, 0.29) is 0 Å². The second-order valence-electron chi connectivity index (χ2n) is 5.47. The third-order valence-electron chi connectivity index (χ3n) is 3.21. The highest BCUT2D eigenvalue weighted by Gasteiger charge is 2.14. The van der Waals surface area contributed by atoms with Gasteiger partial charge in [-0.2, -0.15) is 5.10 Å². The van der Waals surface area contributed by atoms with Crippen molar-refractivity contribution in [3.8, 4) is 0 Å². The van der Waals surface area contributed by atoms with Crippen LogP contribution < -0.4 is 5.32 Å². The average Bonchev–Trinajstić information content (AvgIpc) is 2.88. The number of nitrogens with one attached hydrogen (secondary N) is 1. The minimum absolute atomic E-state index is 0.357. The molecular formula is C15H30N4O. The maximum absolute atomic E-state index is 5.61. The van der Waals surface area contributed by atoms with Crippen LogP contribution in [-0.4, -0.2) is 40.6 Å². The van der Waals surface area contributed by atoms with Crippen molar-refractivity contribution in [2.24, 2.45) is 0 Å². The standard InChI is InChI=1S/C15H30N4O/c1-5-8-16-14(7-10-20-9-6-2)11-15-17-12-18-19(15)13(3)4/h12-14,16H,5-11H2,1-4H3. The molecule has 0 amide bonds. The van der Waals surface area contributed by atoms with Crippen molar-refractivity contribution >= 4 is 0 Å². The fourth-order valence-corrected chi connectivity index (χ4v) is 2.17. The minimum atomic E-state index is 0.357. The first-order valence-electron chi connectivity index (χ1n) is 7.88. The first kappa shape index (κ1) is 17.1. The van der Waals surface area contributed by atoms with Crippen molar-refractivity contribution in [1.29, 1.82) is 0 Å². The van der Waals surface area contributed by atoms with Crippen LogP contribution in [0.3, 0.4) is 0 Å². The first-order valence-corrected chi connectivity index (χ1v) is 7.88. The van der Waals surface area contributed by atoms with Gasteiger partial charge in [0.1, 0.15) is 12.2 Å². The summed E-state index contributed by atoms with van der Waals surface area (Å²) < 4.78 is 7.61. The molecule has 0 aromatic carbocycles. The van der Waals surface area contributed by atoms with Crippen LogP contribution >= 0.6 is 0 Å².